The van der Waals surface area contributed by atoms with Crippen molar-refractivity contribution in [2.75, 3.05) is 0 Å². The lowest BCUT2D eigenvalue weighted by Crippen LogP contribution is -2.08. The smallest absolute Gasteiger partial charge is 0.135 e. The summed E-state index contributed by atoms with van der Waals surface area (Å²) in [5, 5.41) is 7.55. The van der Waals surface area contributed by atoms with Crippen molar-refractivity contribution < 1.29 is 9.37 Å². The first kappa shape index (κ1) is 12.6. The minimum absolute atomic E-state index is 0.375. The summed E-state index contributed by atoms with van der Waals surface area (Å²) in [5.41, 5.74) is 8.80. The summed E-state index contributed by atoms with van der Waals surface area (Å²) >= 11 is 4.90. The molecule has 0 aliphatic rings. The number of hydrogen-bond acceptors (Lipinski definition) is 5. The molecule has 1 heterocycles. The lowest BCUT2D eigenvalue weighted by atomic mass is 10.2. The maximum absolute atomic E-state index is 5.69. The average molecular weight is 285 g/mol. The van der Waals surface area contributed by atoms with E-state index in [1.807, 2.05) is 42.5 Å². The normalized spacial score (nSPS) is 10.6. The quantitative estimate of drug-likeness (QED) is 0.742. The number of ether oxygens (including phenoxy) is 1. The van der Waals surface area contributed by atoms with Crippen LogP contribution in [0.15, 0.2) is 47.1 Å². The number of benzene rings is 2. The fourth-order valence-corrected chi connectivity index (χ4v) is 1.94. The van der Waals surface area contributed by atoms with Crippen LogP contribution in [0.1, 0.15) is 11.1 Å². The van der Waals surface area contributed by atoms with Crippen LogP contribution in [0.4, 0.5) is 0 Å². The highest BCUT2D eigenvalue weighted by Crippen LogP contribution is 2.16. The summed E-state index contributed by atoms with van der Waals surface area (Å²) in [6, 6.07) is 13.0. The lowest BCUT2D eigenvalue weighted by molar-refractivity contribution is 0.306. The molecule has 0 radical (unpaired) electrons. The van der Waals surface area contributed by atoms with E-state index in [1.165, 1.54) is 0 Å². The SMILES string of the molecule is NC(=S)c1ccc(OCc2ccc3nonc3c2)cc1. The van der Waals surface area contributed by atoms with Crippen molar-refractivity contribution in [3.05, 3.63) is 53.6 Å². The van der Waals surface area contributed by atoms with Gasteiger partial charge in [-0.1, -0.05) is 18.3 Å². The highest BCUT2D eigenvalue weighted by molar-refractivity contribution is 7.80. The molecule has 6 heteroatoms. The summed E-state index contributed by atoms with van der Waals surface area (Å²) in [6.07, 6.45) is 0. The van der Waals surface area contributed by atoms with E-state index in [4.69, 9.17) is 22.7 Å². The molecule has 0 spiro atoms. The van der Waals surface area contributed by atoms with Gasteiger partial charge in [0.25, 0.3) is 0 Å². The van der Waals surface area contributed by atoms with Crippen molar-refractivity contribution in [3.63, 3.8) is 0 Å². The standard InChI is InChI=1S/C14H11N3O2S/c15-14(20)10-2-4-11(5-3-10)18-8-9-1-6-12-13(7-9)17-19-16-12/h1-7H,8H2,(H2,15,20). The van der Waals surface area contributed by atoms with Gasteiger partial charge in [0.15, 0.2) is 0 Å². The first-order chi connectivity index (χ1) is 9.72. The molecule has 5 nitrogen and oxygen atoms in total. The summed E-state index contributed by atoms with van der Waals surface area (Å²) in [7, 11) is 0. The molecule has 0 atom stereocenters. The zero-order chi connectivity index (χ0) is 13.9. The van der Waals surface area contributed by atoms with Crippen LogP contribution in [0.5, 0.6) is 5.75 Å². The van der Waals surface area contributed by atoms with Crippen LogP contribution in [-0.2, 0) is 6.61 Å². The fraction of sp³-hybridized carbons (Fsp3) is 0.0714. The molecule has 0 unspecified atom stereocenters. The van der Waals surface area contributed by atoms with Crippen LogP contribution in [0.3, 0.4) is 0 Å². The molecule has 3 aromatic rings. The van der Waals surface area contributed by atoms with Crippen molar-refractivity contribution in [2.45, 2.75) is 6.61 Å². The van der Waals surface area contributed by atoms with E-state index in [-0.39, 0.29) is 0 Å². The second-order valence-corrected chi connectivity index (χ2v) is 4.70. The molecule has 0 aliphatic heterocycles. The van der Waals surface area contributed by atoms with Crippen LogP contribution in [-0.4, -0.2) is 15.3 Å². The van der Waals surface area contributed by atoms with Crippen LogP contribution in [0.25, 0.3) is 11.0 Å². The lowest BCUT2D eigenvalue weighted by Gasteiger charge is -2.06. The molecule has 100 valence electrons. The summed E-state index contributed by atoms with van der Waals surface area (Å²) < 4.78 is 10.3. The Kier molecular flexibility index (Phi) is 3.30. The van der Waals surface area contributed by atoms with Crippen LogP contribution < -0.4 is 10.5 Å². The molecule has 0 saturated heterocycles. The van der Waals surface area contributed by atoms with Gasteiger partial charge in [-0.05, 0) is 52.3 Å². The molecule has 3 rings (SSSR count). The molecule has 0 bridgehead atoms. The Morgan fingerprint density at radius 1 is 1.10 bits per heavy atom. The zero-order valence-corrected chi connectivity index (χ0v) is 11.3. The van der Waals surface area contributed by atoms with Gasteiger partial charge in [-0.2, -0.15) is 0 Å². The topological polar surface area (TPSA) is 74.2 Å². The molecule has 0 fully saturated rings. The summed E-state index contributed by atoms with van der Waals surface area (Å²) in [6.45, 7) is 0.440. The maximum Gasteiger partial charge on any atom is 0.135 e. The number of rotatable bonds is 4. The Morgan fingerprint density at radius 3 is 2.60 bits per heavy atom. The second kappa shape index (κ2) is 5.26. The van der Waals surface area contributed by atoms with E-state index in [0.29, 0.717) is 11.6 Å². The fourth-order valence-electron chi connectivity index (χ4n) is 1.80. The van der Waals surface area contributed by atoms with E-state index in [1.54, 1.807) is 0 Å². The van der Waals surface area contributed by atoms with Crippen molar-refractivity contribution in [3.8, 4) is 5.75 Å². The number of nitrogens with zero attached hydrogens (tertiary/aromatic N) is 2. The van der Waals surface area contributed by atoms with Crippen molar-refractivity contribution in [1.82, 2.24) is 10.3 Å². The molecule has 0 aliphatic carbocycles. The first-order valence-corrected chi connectivity index (χ1v) is 6.37. The van der Waals surface area contributed by atoms with Crippen molar-refractivity contribution in [1.29, 1.82) is 0 Å². The largest absolute Gasteiger partial charge is 0.489 e. The third-order valence-electron chi connectivity index (χ3n) is 2.86. The monoisotopic (exact) mass is 285 g/mol. The minimum Gasteiger partial charge on any atom is -0.489 e. The summed E-state index contributed by atoms with van der Waals surface area (Å²) in [4.78, 5) is 0.375. The molecule has 0 saturated carbocycles. The maximum atomic E-state index is 5.69. The Labute approximate surface area is 120 Å². The van der Waals surface area contributed by atoms with Gasteiger partial charge in [0.05, 0.1) is 0 Å². The number of aromatic nitrogens is 2. The van der Waals surface area contributed by atoms with Gasteiger partial charge in [-0.3, -0.25) is 0 Å². The third kappa shape index (κ3) is 2.60. The Balaban J connectivity index is 1.70. The van der Waals surface area contributed by atoms with Crippen LogP contribution in [0.2, 0.25) is 0 Å². The van der Waals surface area contributed by atoms with Crippen LogP contribution in [0, 0.1) is 0 Å². The third-order valence-corrected chi connectivity index (χ3v) is 3.10. The zero-order valence-electron chi connectivity index (χ0n) is 10.4. The van der Waals surface area contributed by atoms with E-state index >= 15 is 0 Å². The van der Waals surface area contributed by atoms with Crippen molar-refractivity contribution >= 4 is 28.2 Å². The summed E-state index contributed by atoms with van der Waals surface area (Å²) in [5.74, 6) is 0.753. The van der Waals surface area contributed by atoms with Gasteiger partial charge < -0.3 is 10.5 Å². The van der Waals surface area contributed by atoms with Gasteiger partial charge in [-0.25, -0.2) is 4.63 Å². The van der Waals surface area contributed by atoms with E-state index in [0.717, 1.165) is 27.9 Å². The molecular weight excluding hydrogens is 274 g/mol. The molecule has 2 N–H and O–H groups in total. The Bertz CT molecular complexity index is 752. The highest BCUT2D eigenvalue weighted by Gasteiger charge is 2.03. The molecule has 1 aromatic heterocycles. The number of thiocarbonyl (C=S) groups is 1. The molecule has 0 amide bonds. The second-order valence-electron chi connectivity index (χ2n) is 4.26. The van der Waals surface area contributed by atoms with E-state index < -0.39 is 0 Å². The van der Waals surface area contributed by atoms with E-state index in [9.17, 15) is 0 Å². The van der Waals surface area contributed by atoms with Gasteiger partial charge in [-0.15, -0.1) is 0 Å². The predicted molar refractivity (Wildman–Crippen MR) is 78.5 cm³/mol. The van der Waals surface area contributed by atoms with Crippen LogP contribution >= 0.6 is 12.2 Å². The Morgan fingerprint density at radius 2 is 1.85 bits per heavy atom. The van der Waals surface area contributed by atoms with Crippen molar-refractivity contribution in [2.24, 2.45) is 5.73 Å². The first-order valence-electron chi connectivity index (χ1n) is 5.96. The number of hydrogen-bond donors (Lipinski definition) is 1. The minimum atomic E-state index is 0.375. The number of nitrogens with two attached hydrogens (primary N) is 1. The van der Waals surface area contributed by atoms with Gasteiger partial charge in [0.2, 0.25) is 0 Å². The van der Waals surface area contributed by atoms with Gasteiger partial charge in [0, 0.05) is 5.56 Å². The van der Waals surface area contributed by atoms with Gasteiger partial charge >= 0.3 is 0 Å². The average Bonchev–Trinajstić information content (AvgIpc) is 2.93. The molecule has 2 aromatic carbocycles. The van der Waals surface area contributed by atoms with Gasteiger partial charge in [0.1, 0.15) is 28.4 Å². The molecule has 20 heavy (non-hydrogen) atoms. The predicted octanol–water partition coefficient (Wildman–Crippen LogP) is 2.44. The Hall–Kier alpha value is -2.47. The number of fused-ring (bicyclic) bond motifs is 1. The highest BCUT2D eigenvalue weighted by atomic mass is 32.1. The molecular formula is C14H11N3O2S. The van der Waals surface area contributed by atoms with E-state index in [2.05, 4.69) is 14.9 Å².